The van der Waals surface area contributed by atoms with E-state index in [9.17, 15) is 9.59 Å². The summed E-state index contributed by atoms with van der Waals surface area (Å²) >= 11 is 3.69. The lowest BCUT2D eigenvalue weighted by molar-refractivity contribution is -0.126. The molecule has 1 aliphatic carbocycles. The summed E-state index contributed by atoms with van der Waals surface area (Å²) in [7, 11) is 0. The van der Waals surface area contributed by atoms with E-state index in [0.29, 0.717) is 17.1 Å². The number of hydrogen-bond donors (Lipinski definition) is 0. The Morgan fingerprint density at radius 2 is 1.70 bits per heavy atom. The van der Waals surface area contributed by atoms with Crippen LogP contribution in [-0.2, 0) is 11.3 Å². The zero-order valence-electron chi connectivity index (χ0n) is 15.3. The predicted octanol–water partition coefficient (Wildman–Crippen LogP) is 4.90. The minimum atomic E-state index is -0.207. The van der Waals surface area contributed by atoms with Gasteiger partial charge < -0.3 is 4.90 Å². The van der Waals surface area contributed by atoms with Gasteiger partial charge in [-0.1, -0.05) is 64.0 Å². The highest BCUT2D eigenvalue weighted by atomic mass is 79.9. The number of carbonyl (C=O) groups is 2. The predicted molar refractivity (Wildman–Crippen MR) is 110 cm³/mol. The number of anilines is 1. The summed E-state index contributed by atoms with van der Waals surface area (Å²) in [4.78, 5) is 30.2. The first-order chi connectivity index (χ1) is 13.0. The summed E-state index contributed by atoms with van der Waals surface area (Å²) in [5.41, 5.74) is 2.94. The summed E-state index contributed by atoms with van der Waals surface area (Å²) in [6.07, 6.45) is 2.61. The van der Waals surface area contributed by atoms with Gasteiger partial charge in [0, 0.05) is 17.4 Å². The minimum absolute atomic E-state index is 0.0277. The summed E-state index contributed by atoms with van der Waals surface area (Å²) in [5, 5.41) is 0. The number of alkyl halides is 1. The molecule has 0 bridgehead atoms. The second-order valence-electron chi connectivity index (χ2n) is 7.49. The molecule has 2 aromatic rings. The number of rotatable bonds is 3. The molecule has 0 spiro atoms. The number of nitrogens with zero attached hydrogens (tertiary/aromatic N) is 2. The van der Waals surface area contributed by atoms with Crippen molar-refractivity contribution in [2.45, 2.75) is 43.6 Å². The van der Waals surface area contributed by atoms with Crippen molar-refractivity contribution >= 4 is 33.6 Å². The molecular formula is C22H23BrN2O2. The average molecular weight is 427 g/mol. The topological polar surface area (TPSA) is 40.6 Å². The van der Waals surface area contributed by atoms with E-state index >= 15 is 0 Å². The molecule has 4 rings (SSSR count). The van der Waals surface area contributed by atoms with Crippen LogP contribution in [0.25, 0.3) is 0 Å². The van der Waals surface area contributed by atoms with Gasteiger partial charge in [0.05, 0.1) is 11.6 Å². The van der Waals surface area contributed by atoms with Crippen molar-refractivity contribution in [3.63, 3.8) is 0 Å². The molecule has 2 aliphatic rings. The molecule has 1 aliphatic heterocycles. The first kappa shape index (κ1) is 18.2. The highest BCUT2D eigenvalue weighted by molar-refractivity contribution is 9.09. The lowest BCUT2D eigenvalue weighted by Crippen LogP contribution is -2.63. The van der Waals surface area contributed by atoms with Crippen molar-refractivity contribution in [1.29, 1.82) is 0 Å². The summed E-state index contributed by atoms with van der Waals surface area (Å²) < 4.78 is 0. The molecule has 5 heteroatoms. The molecule has 2 fully saturated rings. The molecule has 1 saturated heterocycles. The van der Waals surface area contributed by atoms with Crippen molar-refractivity contribution < 1.29 is 9.59 Å². The van der Waals surface area contributed by atoms with Crippen molar-refractivity contribution in [2.75, 3.05) is 4.90 Å². The maximum absolute atomic E-state index is 13.4. The molecule has 1 heterocycles. The van der Waals surface area contributed by atoms with Gasteiger partial charge in [0.15, 0.2) is 0 Å². The molecule has 0 aromatic heterocycles. The van der Waals surface area contributed by atoms with E-state index in [-0.39, 0.29) is 23.9 Å². The number of benzene rings is 2. The first-order valence-corrected chi connectivity index (χ1v) is 10.4. The number of fused-ring (bicyclic) bond motifs is 1. The Labute approximate surface area is 168 Å². The second kappa shape index (κ2) is 7.47. The van der Waals surface area contributed by atoms with Crippen LogP contribution in [0.15, 0.2) is 54.6 Å². The van der Waals surface area contributed by atoms with E-state index in [0.717, 1.165) is 24.8 Å². The van der Waals surface area contributed by atoms with E-state index in [1.54, 1.807) is 0 Å². The molecule has 3 atom stereocenters. The number of para-hydroxylation sites is 1. The summed E-state index contributed by atoms with van der Waals surface area (Å²) in [6, 6.07) is 17.3. The van der Waals surface area contributed by atoms with Crippen LogP contribution in [0, 0.1) is 12.8 Å². The second-order valence-corrected chi connectivity index (χ2v) is 8.78. The van der Waals surface area contributed by atoms with Gasteiger partial charge in [0.1, 0.15) is 0 Å². The van der Waals surface area contributed by atoms with Crippen LogP contribution >= 0.6 is 15.9 Å². The number of amides is 3. The van der Waals surface area contributed by atoms with Crippen molar-refractivity contribution in [1.82, 2.24) is 4.90 Å². The number of halogens is 1. The van der Waals surface area contributed by atoms with Crippen molar-refractivity contribution in [2.24, 2.45) is 5.92 Å². The van der Waals surface area contributed by atoms with Gasteiger partial charge in [-0.2, -0.15) is 0 Å². The largest absolute Gasteiger partial charge is 0.331 e. The molecule has 2 aromatic carbocycles. The van der Waals surface area contributed by atoms with Crippen LogP contribution in [0.4, 0.5) is 10.5 Å². The monoisotopic (exact) mass is 426 g/mol. The highest BCUT2D eigenvalue weighted by Gasteiger charge is 2.48. The molecule has 3 amide bonds. The Kier molecular flexibility index (Phi) is 5.04. The van der Waals surface area contributed by atoms with E-state index < -0.39 is 0 Å². The van der Waals surface area contributed by atoms with E-state index in [4.69, 9.17) is 0 Å². The number of urea groups is 1. The molecule has 3 unspecified atom stereocenters. The lowest BCUT2D eigenvalue weighted by Gasteiger charge is -2.47. The number of hydrogen-bond acceptors (Lipinski definition) is 2. The van der Waals surface area contributed by atoms with Crippen molar-refractivity contribution in [3.8, 4) is 0 Å². The third-order valence-corrected chi connectivity index (χ3v) is 6.44. The maximum atomic E-state index is 13.4. The fourth-order valence-corrected chi connectivity index (χ4v) is 4.83. The first-order valence-electron chi connectivity index (χ1n) is 9.44. The van der Waals surface area contributed by atoms with Crippen LogP contribution in [-0.4, -0.2) is 27.7 Å². The molecule has 140 valence electrons. The van der Waals surface area contributed by atoms with Crippen LogP contribution in [0.5, 0.6) is 0 Å². The van der Waals surface area contributed by atoms with Crippen LogP contribution in [0.1, 0.15) is 30.4 Å². The smallest absolute Gasteiger partial charge is 0.316 e. The fraction of sp³-hybridized carbons (Fsp3) is 0.364. The van der Waals surface area contributed by atoms with E-state index in [1.165, 1.54) is 10.5 Å². The third kappa shape index (κ3) is 3.53. The Morgan fingerprint density at radius 1 is 1.00 bits per heavy atom. The molecule has 0 N–H and O–H groups in total. The quantitative estimate of drug-likeness (QED) is 0.654. The zero-order chi connectivity index (χ0) is 19.0. The van der Waals surface area contributed by atoms with Crippen LogP contribution < -0.4 is 4.90 Å². The Balaban J connectivity index is 1.70. The summed E-state index contributed by atoms with van der Waals surface area (Å²) in [5.74, 6) is -0.230. The third-order valence-electron chi connectivity index (χ3n) is 5.61. The Bertz CT molecular complexity index is 837. The molecule has 1 saturated carbocycles. The standard InChI is InChI=1S/C22H23BrN2O2/c1-15-7-9-16(10-8-15)14-24-20-12-11-17(23)13-19(20)21(26)25(22(24)27)18-5-3-2-4-6-18/h2-10,17,19-20H,11-14H2,1H3. The number of imide groups is 1. The Morgan fingerprint density at radius 3 is 2.41 bits per heavy atom. The van der Waals surface area contributed by atoms with Crippen molar-refractivity contribution in [3.05, 3.63) is 65.7 Å². The molecule has 0 radical (unpaired) electrons. The van der Waals surface area contributed by atoms with Gasteiger partial charge >= 0.3 is 6.03 Å². The highest BCUT2D eigenvalue weighted by Crippen LogP contribution is 2.39. The summed E-state index contributed by atoms with van der Waals surface area (Å²) in [6.45, 7) is 2.59. The zero-order valence-corrected chi connectivity index (χ0v) is 16.9. The number of aryl methyl sites for hydroxylation is 1. The minimum Gasteiger partial charge on any atom is -0.316 e. The van der Waals surface area contributed by atoms with E-state index in [2.05, 4.69) is 47.1 Å². The van der Waals surface area contributed by atoms with Gasteiger partial charge in [-0.3, -0.25) is 4.79 Å². The average Bonchev–Trinajstić information content (AvgIpc) is 2.68. The van der Waals surface area contributed by atoms with Crippen LogP contribution in [0.2, 0.25) is 0 Å². The maximum Gasteiger partial charge on any atom is 0.331 e. The van der Waals surface area contributed by atoms with Gasteiger partial charge in [-0.05, 0) is 43.9 Å². The number of carbonyl (C=O) groups excluding carboxylic acids is 2. The van der Waals surface area contributed by atoms with Gasteiger partial charge in [-0.25, -0.2) is 9.69 Å². The lowest BCUT2D eigenvalue weighted by atomic mass is 9.80. The van der Waals surface area contributed by atoms with Crippen LogP contribution in [0.3, 0.4) is 0 Å². The molecule has 27 heavy (non-hydrogen) atoms. The van der Waals surface area contributed by atoms with Gasteiger partial charge in [-0.15, -0.1) is 0 Å². The van der Waals surface area contributed by atoms with Gasteiger partial charge in [0.2, 0.25) is 5.91 Å². The van der Waals surface area contributed by atoms with Gasteiger partial charge in [0.25, 0.3) is 0 Å². The molecular weight excluding hydrogens is 404 g/mol. The SMILES string of the molecule is Cc1ccc(CN2C(=O)N(c3ccccc3)C(=O)C3CC(Br)CCC32)cc1. The Hall–Kier alpha value is -2.14. The van der Waals surface area contributed by atoms with E-state index in [1.807, 2.05) is 35.2 Å². The molecule has 4 nitrogen and oxygen atoms in total. The fourth-order valence-electron chi connectivity index (χ4n) is 4.16. The normalized spacial score (nSPS) is 25.5.